The molecule has 2 aromatic heterocycles. The van der Waals surface area contributed by atoms with Gasteiger partial charge in [0.05, 0.1) is 17.3 Å². The smallest absolute Gasteiger partial charge is 0.290 e. The fraction of sp³-hybridized carbons (Fsp3) is 0.0714. The molecule has 5 nitrogen and oxygen atoms in total. The molecule has 0 saturated carbocycles. The van der Waals surface area contributed by atoms with Gasteiger partial charge in [-0.1, -0.05) is 42.1 Å². The molecule has 0 amide bonds. The lowest BCUT2D eigenvalue weighted by Gasteiger charge is -2.03. The first-order valence-electron chi connectivity index (χ1n) is 6.07. The van der Waals surface area contributed by atoms with Crippen molar-refractivity contribution in [2.24, 2.45) is 0 Å². The number of hydrogen-bond donors (Lipinski definition) is 1. The Kier molecular flexibility index (Phi) is 3.64. The zero-order valence-electron chi connectivity index (χ0n) is 10.8. The van der Waals surface area contributed by atoms with Crippen molar-refractivity contribution in [1.29, 1.82) is 5.26 Å². The van der Waals surface area contributed by atoms with Crippen LogP contribution in [0.1, 0.15) is 0 Å². The number of nitrogens with zero attached hydrogens (tertiary/aromatic N) is 3. The van der Waals surface area contributed by atoms with Crippen molar-refractivity contribution in [3.63, 3.8) is 0 Å². The van der Waals surface area contributed by atoms with E-state index >= 15 is 0 Å². The first kappa shape index (κ1) is 13.7. The predicted octanol–water partition coefficient (Wildman–Crippen LogP) is 2.45. The highest BCUT2D eigenvalue weighted by molar-refractivity contribution is 7.99. The average Bonchev–Trinajstić information content (AvgIpc) is 2.94. The number of nitrogens with two attached hydrogens (primary N) is 1. The van der Waals surface area contributed by atoms with Crippen molar-refractivity contribution in [3.8, 4) is 16.5 Å². The number of fused-ring (bicyclic) bond motifs is 1. The van der Waals surface area contributed by atoms with Gasteiger partial charge in [0.15, 0.2) is 5.16 Å². The number of thioether (sulfide) groups is 1. The molecule has 0 radical (unpaired) electrons. The largest absolute Gasteiger partial charge is 0.334 e. The molecule has 7 heteroatoms. The molecule has 0 saturated heterocycles. The van der Waals surface area contributed by atoms with E-state index in [1.165, 1.54) is 11.3 Å². The van der Waals surface area contributed by atoms with Gasteiger partial charge in [0, 0.05) is 4.88 Å². The van der Waals surface area contributed by atoms with Crippen molar-refractivity contribution in [1.82, 2.24) is 9.66 Å². The van der Waals surface area contributed by atoms with Crippen molar-refractivity contribution in [2.45, 2.75) is 5.16 Å². The first-order chi connectivity index (χ1) is 10.2. The maximum absolute atomic E-state index is 12.3. The summed E-state index contributed by atoms with van der Waals surface area (Å²) >= 11 is 2.53. The van der Waals surface area contributed by atoms with Crippen LogP contribution in [0.2, 0.25) is 0 Å². The zero-order chi connectivity index (χ0) is 14.8. The highest BCUT2D eigenvalue weighted by Gasteiger charge is 2.13. The number of nitriles is 1. The van der Waals surface area contributed by atoms with E-state index in [9.17, 15) is 4.79 Å². The van der Waals surface area contributed by atoms with Crippen LogP contribution < -0.4 is 11.4 Å². The molecule has 21 heavy (non-hydrogen) atoms. The lowest BCUT2D eigenvalue weighted by Crippen LogP contribution is -2.29. The van der Waals surface area contributed by atoms with E-state index in [-0.39, 0.29) is 11.3 Å². The van der Waals surface area contributed by atoms with Crippen molar-refractivity contribution >= 4 is 33.3 Å². The second kappa shape index (κ2) is 5.60. The number of rotatable bonds is 3. The number of benzene rings is 1. The van der Waals surface area contributed by atoms with Crippen LogP contribution in [0.5, 0.6) is 0 Å². The summed E-state index contributed by atoms with van der Waals surface area (Å²) < 4.78 is 1.54. The normalized spacial score (nSPS) is 10.6. The van der Waals surface area contributed by atoms with E-state index in [2.05, 4.69) is 4.98 Å². The Hall–Kier alpha value is -2.30. The van der Waals surface area contributed by atoms with Crippen molar-refractivity contribution < 1.29 is 0 Å². The number of thiophene rings is 1. The zero-order valence-corrected chi connectivity index (χ0v) is 12.4. The lowest BCUT2D eigenvalue weighted by atomic mass is 10.2. The summed E-state index contributed by atoms with van der Waals surface area (Å²) in [6.45, 7) is 0. The summed E-state index contributed by atoms with van der Waals surface area (Å²) in [4.78, 5) is 17.6. The molecule has 0 fully saturated rings. The van der Waals surface area contributed by atoms with E-state index in [1.807, 2.05) is 42.5 Å². The van der Waals surface area contributed by atoms with Crippen LogP contribution in [-0.4, -0.2) is 15.4 Å². The molecule has 3 rings (SSSR count). The SMILES string of the molecule is N#CCSc1nc2cc(-c3ccccc3)sc2c(=O)n1N. The molecule has 0 bridgehead atoms. The van der Waals surface area contributed by atoms with Crippen LogP contribution in [0.4, 0.5) is 0 Å². The van der Waals surface area contributed by atoms with E-state index < -0.39 is 0 Å². The Morgan fingerprint density at radius 3 is 2.86 bits per heavy atom. The number of nitrogen functional groups attached to an aromatic ring is 1. The van der Waals surface area contributed by atoms with Gasteiger partial charge in [-0.05, 0) is 11.6 Å². The summed E-state index contributed by atoms with van der Waals surface area (Å²) in [5.41, 5.74) is 1.37. The van der Waals surface area contributed by atoms with Gasteiger partial charge >= 0.3 is 0 Å². The minimum Gasteiger partial charge on any atom is -0.334 e. The summed E-state index contributed by atoms with van der Waals surface area (Å²) in [6, 6.07) is 13.7. The van der Waals surface area contributed by atoms with E-state index in [4.69, 9.17) is 11.1 Å². The second-order valence-electron chi connectivity index (χ2n) is 4.21. The van der Waals surface area contributed by atoms with E-state index in [1.54, 1.807) is 0 Å². The molecule has 0 aliphatic heterocycles. The summed E-state index contributed by atoms with van der Waals surface area (Å²) in [5.74, 6) is 5.95. The van der Waals surface area contributed by atoms with Gasteiger partial charge in [-0.3, -0.25) is 4.79 Å². The molecule has 3 aromatic rings. The van der Waals surface area contributed by atoms with E-state index in [0.29, 0.717) is 15.4 Å². The van der Waals surface area contributed by atoms with Crippen LogP contribution in [0.25, 0.3) is 20.7 Å². The van der Waals surface area contributed by atoms with Gasteiger partial charge in [0.1, 0.15) is 4.70 Å². The summed E-state index contributed by atoms with van der Waals surface area (Å²) in [5, 5.41) is 8.98. The van der Waals surface area contributed by atoms with Gasteiger partial charge in [-0.25, -0.2) is 9.66 Å². The molecule has 0 unspecified atom stereocenters. The number of hydrogen-bond acceptors (Lipinski definition) is 6. The Labute approximate surface area is 128 Å². The third-order valence-corrected chi connectivity index (χ3v) is 4.85. The van der Waals surface area contributed by atoms with Gasteiger partial charge in [-0.2, -0.15) is 5.26 Å². The molecular weight excluding hydrogens is 304 g/mol. The molecule has 2 heterocycles. The predicted molar refractivity (Wildman–Crippen MR) is 85.8 cm³/mol. The Morgan fingerprint density at radius 1 is 1.38 bits per heavy atom. The van der Waals surface area contributed by atoms with Gasteiger partial charge in [0.2, 0.25) is 0 Å². The molecule has 104 valence electrons. The van der Waals surface area contributed by atoms with Gasteiger partial charge in [-0.15, -0.1) is 11.3 Å². The minimum absolute atomic E-state index is 0.199. The molecular formula is C14H10N4OS2. The van der Waals surface area contributed by atoms with Gasteiger partial charge < -0.3 is 5.84 Å². The molecule has 2 N–H and O–H groups in total. The fourth-order valence-corrected chi connectivity index (χ4v) is 3.53. The van der Waals surface area contributed by atoms with Crippen molar-refractivity contribution in [2.75, 3.05) is 11.6 Å². The minimum atomic E-state index is -0.285. The third-order valence-electron chi connectivity index (χ3n) is 2.87. The quantitative estimate of drug-likeness (QED) is 0.456. The monoisotopic (exact) mass is 314 g/mol. The standard InChI is InChI=1S/C14H10N4OS2/c15-6-7-20-14-17-10-8-11(9-4-2-1-3-5-9)21-12(10)13(19)18(14)16/h1-5,8H,7,16H2. The van der Waals surface area contributed by atoms with Crippen LogP contribution in [0, 0.1) is 11.3 Å². The molecule has 0 aliphatic carbocycles. The molecule has 0 spiro atoms. The van der Waals surface area contributed by atoms with Crippen LogP contribution >= 0.6 is 23.1 Å². The van der Waals surface area contributed by atoms with Crippen molar-refractivity contribution in [3.05, 3.63) is 46.8 Å². The summed E-state index contributed by atoms with van der Waals surface area (Å²) in [7, 11) is 0. The topological polar surface area (TPSA) is 84.7 Å². The maximum Gasteiger partial charge on any atom is 0.290 e. The molecule has 0 atom stereocenters. The second-order valence-corrected chi connectivity index (χ2v) is 6.20. The lowest BCUT2D eigenvalue weighted by molar-refractivity contribution is 0.782. The summed E-state index contributed by atoms with van der Waals surface area (Å²) in [6.07, 6.45) is 0. The number of aromatic nitrogens is 2. The van der Waals surface area contributed by atoms with Crippen LogP contribution in [0.3, 0.4) is 0 Å². The highest BCUT2D eigenvalue weighted by Crippen LogP contribution is 2.31. The average molecular weight is 314 g/mol. The third kappa shape index (κ3) is 2.51. The van der Waals surface area contributed by atoms with Crippen LogP contribution in [-0.2, 0) is 0 Å². The first-order valence-corrected chi connectivity index (χ1v) is 7.88. The van der Waals surface area contributed by atoms with Crippen LogP contribution in [0.15, 0.2) is 46.3 Å². The molecule has 0 aliphatic rings. The molecule has 1 aromatic carbocycles. The fourth-order valence-electron chi connectivity index (χ4n) is 1.91. The Bertz CT molecular complexity index is 893. The van der Waals surface area contributed by atoms with E-state index in [0.717, 1.165) is 26.9 Å². The van der Waals surface area contributed by atoms with Gasteiger partial charge in [0.25, 0.3) is 5.56 Å². The Balaban J connectivity index is 2.16. The highest BCUT2D eigenvalue weighted by atomic mass is 32.2. The Morgan fingerprint density at radius 2 is 2.14 bits per heavy atom. The maximum atomic E-state index is 12.3.